The molecule has 0 aliphatic rings. The third kappa shape index (κ3) is 5.73. The van der Waals surface area contributed by atoms with Crippen LogP contribution in [0.4, 0.5) is 0 Å². The molecule has 0 saturated heterocycles. The molecule has 1 rings (SSSR count). The van der Waals surface area contributed by atoms with Crippen molar-refractivity contribution in [2.45, 2.75) is 40.3 Å². The predicted octanol–water partition coefficient (Wildman–Crippen LogP) is 2.48. The van der Waals surface area contributed by atoms with Crippen LogP contribution >= 0.6 is 0 Å². The fourth-order valence-corrected chi connectivity index (χ4v) is 1.97. The van der Waals surface area contributed by atoms with Crippen LogP contribution in [0.5, 0.6) is 0 Å². The van der Waals surface area contributed by atoms with Gasteiger partial charge in [-0.2, -0.15) is 0 Å². The number of benzene rings is 1. The van der Waals surface area contributed by atoms with Crippen LogP contribution in [-0.4, -0.2) is 24.2 Å². The van der Waals surface area contributed by atoms with E-state index < -0.39 is 0 Å². The number of hydrogen-bond acceptors (Lipinski definition) is 4. The predicted molar refractivity (Wildman–Crippen MR) is 85.3 cm³/mol. The lowest BCUT2D eigenvalue weighted by Crippen LogP contribution is -2.34. The molecule has 0 spiro atoms. The first-order chi connectivity index (χ1) is 10.0. The highest BCUT2D eigenvalue weighted by molar-refractivity contribution is 5.85. The Morgan fingerprint density at radius 1 is 1.33 bits per heavy atom. The van der Waals surface area contributed by atoms with Crippen LogP contribution in [0.3, 0.4) is 0 Å². The molecule has 118 valence electrons. The SMILES string of the molecule is CCOCc1ccccc1CNCCC(C)(C)C(N)=NO. The van der Waals surface area contributed by atoms with Gasteiger partial charge in [-0.25, -0.2) is 0 Å². The Morgan fingerprint density at radius 3 is 2.62 bits per heavy atom. The van der Waals surface area contributed by atoms with Crippen LogP contribution in [0.25, 0.3) is 0 Å². The monoisotopic (exact) mass is 293 g/mol. The van der Waals surface area contributed by atoms with Crippen molar-refractivity contribution in [2.24, 2.45) is 16.3 Å². The number of rotatable bonds is 9. The number of nitrogens with one attached hydrogen (secondary N) is 1. The second kappa shape index (κ2) is 8.64. The minimum absolute atomic E-state index is 0.265. The minimum atomic E-state index is -0.313. The smallest absolute Gasteiger partial charge is 0.144 e. The van der Waals surface area contributed by atoms with Crippen molar-refractivity contribution in [3.05, 3.63) is 35.4 Å². The van der Waals surface area contributed by atoms with Crippen molar-refractivity contribution in [3.8, 4) is 0 Å². The van der Waals surface area contributed by atoms with E-state index in [-0.39, 0.29) is 11.3 Å². The zero-order valence-corrected chi connectivity index (χ0v) is 13.2. The van der Waals surface area contributed by atoms with E-state index in [9.17, 15) is 0 Å². The zero-order chi connectivity index (χ0) is 15.7. The highest BCUT2D eigenvalue weighted by atomic mass is 16.5. The lowest BCUT2D eigenvalue weighted by Gasteiger charge is -2.23. The molecule has 0 aromatic heterocycles. The first-order valence-electron chi connectivity index (χ1n) is 7.34. The first kappa shape index (κ1) is 17.5. The van der Waals surface area contributed by atoms with Gasteiger partial charge in [0.2, 0.25) is 0 Å². The molecule has 0 aliphatic carbocycles. The summed E-state index contributed by atoms with van der Waals surface area (Å²) in [5.74, 6) is 0.265. The summed E-state index contributed by atoms with van der Waals surface area (Å²) < 4.78 is 5.48. The van der Waals surface area contributed by atoms with E-state index in [1.165, 1.54) is 11.1 Å². The van der Waals surface area contributed by atoms with Gasteiger partial charge in [0.15, 0.2) is 0 Å². The number of nitrogens with zero attached hydrogens (tertiary/aromatic N) is 1. The van der Waals surface area contributed by atoms with Gasteiger partial charge in [-0.05, 0) is 31.0 Å². The van der Waals surface area contributed by atoms with E-state index in [0.717, 1.165) is 26.1 Å². The second-order valence-corrected chi connectivity index (χ2v) is 5.70. The number of hydrogen-bond donors (Lipinski definition) is 3. The molecule has 21 heavy (non-hydrogen) atoms. The lowest BCUT2D eigenvalue weighted by molar-refractivity contribution is 0.133. The highest BCUT2D eigenvalue weighted by Crippen LogP contribution is 2.19. The van der Waals surface area contributed by atoms with Crippen LogP contribution in [0.2, 0.25) is 0 Å². The van der Waals surface area contributed by atoms with Crippen molar-refractivity contribution in [2.75, 3.05) is 13.2 Å². The third-order valence-corrected chi connectivity index (χ3v) is 3.62. The van der Waals surface area contributed by atoms with Crippen molar-refractivity contribution in [1.82, 2.24) is 5.32 Å². The van der Waals surface area contributed by atoms with Gasteiger partial charge in [0.05, 0.1) is 6.61 Å². The van der Waals surface area contributed by atoms with Gasteiger partial charge in [0.25, 0.3) is 0 Å². The molecule has 5 heteroatoms. The molecule has 0 atom stereocenters. The Bertz CT molecular complexity index is 459. The highest BCUT2D eigenvalue weighted by Gasteiger charge is 2.22. The number of amidine groups is 1. The standard InChI is InChI=1S/C16H27N3O2/c1-4-21-12-14-8-6-5-7-13(14)11-18-10-9-16(2,3)15(17)19-20/h5-8,18,20H,4,9-12H2,1-3H3,(H2,17,19). The maximum atomic E-state index is 8.75. The molecule has 0 aliphatic heterocycles. The fourth-order valence-electron chi connectivity index (χ4n) is 1.97. The van der Waals surface area contributed by atoms with E-state index in [0.29, 0.717) is 6.61 Å². The molecular weight excluding hydrogens is 266 g/mol. The first-order valence-corrected chi connectivity index (χ1v) is 7.34. The third-order valence-electron chi connectivity index (χ3n) is 3.62. The van der Waals surface area contributed by atoms with Gasteiger partial charge < -0.3 is 21.0 Å². The van der Waals surface area contributed by atoms with Crippen molar-refractivity contribution < 1.29 is 9.94 Å². The van der Waals surface area contributed by atoms with E-state index >= 15 is 0 Å². The second-order valence-electron chi connectivity index (χ2n) is 5.70. The summed E-state index contributed by atoms with van der Waals surface area (Å²) in [5, 5.41) is 15.3. The average molecular weight is 293 g/mol. The molecule has 0 bridgehead atoms. The average Bonchev–Trinajstić information content (AvgIpc) is 2.49. The molecule has 0 radical (unpaired) electrons. The Labute approximate surface area is 127 Å². The summed E-state index contributed by atoms with van der Waals surface area (Å²) in [4.78, 5) is 0. The summed E-state index contributed by atoms with van der Waals surface area (Å²) in [7, 11) is 0. The van der Waals surface area contributed by atoms with Crippen LogP contribution in [0.1, 0.15) is 38.3 Å². The van der Waals surface area contributed by atoms with E-state index in [4.69, 9.17) is 15.7 Å². The van der Waals surface area contributed by atoms with Gasteiger partial charge in [-0.3, -0.25) is 0 Å². The van der Waals surface area contributed by atoms with Crippen molar-refractivity contribution in [3.63, 3.8) is 0 Å². The Balaban J connectivity index is 2.46. The van der Waals surface area contributed by atoms with Crippen molar-refractivity contribution >= 4 is 5.84 Å². The van der Waals surface area contributed by atoms with E-state index in [1.54, 1.807) is 0 Å². The Kier molecular flexibility index (Phi) is 7.19. The van der Waals surface area contributed by atoms with E-state index in [1.807, 2.05) is 32.9 Å². The van der Waals surface area contributed by atoms with E-state index in [2.05, 4.69) is 22.6 Å². The maximum absolute atomic E-state index is 8.75. The molecule has 5 nitrogen and oxygen atoms in total. The molecule has 0 saturated carbocycles. The topological polar surface area (TPSA) is 79.9 Å². The lowest BCUT2D eigenvalue weighted by atomic mass is 9.88. The summed E-state index contributed by atoms with van der Waals surface area (Å²) >= 11 is 0. The molecular formula is C16H27N3O2. The van der Waals surface area contributed by atoms with Crippen LogP contribution in [-0.2, 0) is 17.9 Å². The van der Waals surface area contributed by atoms with Gasteiger partial charge in [-0.15, -0.1) is 0 Å². The molecule has 4 N–H and O–H groups in total. The molecule has 1 aromatic carbocycles. The molecule has 0 amide bonds. The zero-order valence-electron chi connectivity index (χ0n) is 13.2. The molecule has 0 heterocycles. The number of ether oxygens (including phenoxy) is 1. The largest absolute Gasteiger partial charge is 0.409 e. The number of nitrogens with two attached hydrogens (primary N) is 1. The van der Waals surface area contributed by atoms with Crippen LogP contribution in [0.15, 0.2) is 29.4 Å². The summed E-state index contributed by atoms with van der Waals surface area (Å²) in [6, 6.07) is 8.26. The van der Waals surface area contributed by atoms with Crippen LogP contribution in [0, 0.1) is 5.41 Å². The minimum Gasteiger partial charge on any atom is -0.409 e. The summed E-state index contributed by atoms with van der Waals surface area (Å²) in [5.41, 5.74) is 7.82. The Hall–Kier alpha value is -1.59. The Morgan fingerprint density at radius 2 is 2.00 bits per heavy atom. The maximum Gasteiger partial charge on any atom is 0.144 e. The van der Waals surface area contributed by atoms with Gasteiger partial charge >= 0.3 is 0 Å². The summed E-state index contributed by atoms with van der Waals surface area (Å²) in [6.45, 7) is 8.87. The van der Waals surface area contributed by atoms with Gasteiger partial charge in [0, 0.05) is 18.6 Å². The molecule has 1 aromatic rings. The molecule has 0 unspecified atom stereocenters. The van der Waals surface area contributed by atoms with Gasteiger partial charge in [-0.1, -0.05) is 43.3 Å². The normalized spacial score (nSPS) is 12.6. The quantitative estimate of drug-likeness (QED) is 0.215. The summed E-state index contributed by atoms with van der Waals surface area (Å²) in [6.07, 6.45) is 0.802. The number of oxime groups is 1. The van der Waals surface area contributed by atoms with Crippen LogP contribution < -0.4 is 11.1 Å². The fraction of sp³-hybridized carbons (Fsp3) is 0.562. The van der Waals surface area contributed by atoms with Gasteiger partial charge in [0.1, 0.15) is 5.84 Å². The molecule has 0 fully saturated rings. The van der Waals surface area contributed by atoms with Crippen molar-refractivity contribution in [1.29, 1.82) is 0 Å².